The summed E-state index contributed by atoms with van der Waals surface area (Å²) in [7, 11) is 0. The summed E-state index contributed by atoms with van der Waals surface area (Å²) in [6, 6.07) is 0.782. The number of nitrogens with zero attached hydrogens (tertiary/aromatic N) is 1. The Morgan fingerprint density at radius 3 is 2.38 bits per heavy atom. The van der Waals surface area contributed by atoms with E-state index in [1.165, 1.54) is 58.3 Å². The maximum Gasteiger partial charge on any atom is 0.0119 e. The Balaban J connectivity index is 1.61. The first-order valence-electron chi connectivity index (χ1n) is 7.23. The molecule has 0 bridgehead atoms. The van der Waals surface area contributed by atoms with Gasteiger partial charge in [0.1, 0.15) is 0 Å². The van der Waals surface area contributed by atoms with E-state index in [0.717, 1.165) is 17.9 Å². The average Bonchev–Trinajstić information content (AvgIpc) is 3.09. The zero-order valence-corrected chi connectivity index (χ0v) is 11.0. The molecule has 2 aliphatic rings. The van der Waals surface area contributed by atoms with Gasteiger partial charge in [0.15, 0.2) is 0 Å². The van der Waals surface area contributed by atoms with Crippen LogP contribution < -0.4 is 5.32 Å². The normalized spacial score (nSPS) is 24.9. The van der Waals surface area contributed by atoms with Gasteiger partial charge in [-0.25, -0.2) is 0 Å². The summed E-state index contributed by atoms with van der Waals surface area (Å²) in [6.45, 7) is 9.83. The number of piperidine rings is 1. The van der Waals surface area contributed by atoms with Crippen molar-refractivity contribution in [3.63, 3.8) is 0 Å². The fourth-order valence-electron chi connectivity index (χ4n) is 2.97. The molecule has 1 heterocycles. The van der Waals surface area contributed by atoms with E-state index in [2.05, 4.69) is 24.1 Å². The minimum absolute atomic E-state index is 0.782. The van der Waals surface area contributed by atoms with Crippen LogP contribution in [0.4, 0.5) is 0 Å². The van der Waals surface area contributed by atoms with Crippen LogP contribution in [-0.2, 0) is 0 Å². The highest BCUT2D eigenvalue weighted by Gasteiger charge is 2.32. The molecule has 0 spiro atoms. The minimum Gasteiger partial charge on any atom is -0.312 e. The van der Waals surface area contributed by atoms with Crippen molar-refractivity contribution in [2.45, 2.75) is 52.0 Å². The van der Waals surface area contributed by atoms with Crippen molar-refractivity contribution in [2.75, 3.05) is 26.2 Å². The summed E-state index contributed by atoms with van der Waals surface area (Å²) in [5, 5.41) is 3.79. The standard InChI is InChI=1S/C14H28N2/c1-12(2)14(13-6-7-13)15-8-11-16-9-4-3-5-10-16/h12-15H,3-11H2,1-2H3. The average molecular weight is 224 g/mol. The lowest BCUT2D eigenvalue weighted by Crippen LogP contribution is -2.42. The molecule has 1 atom stereocenters. The van der Waals surface area contributed by atoms with Gasteiger partial charge in [0.25, 0.3) is 0 Å². The van der Waals surface area contributed by atoms with Crippen molar-refractivity contribution in [2.24, 2.45) is 11.8 Å². The maximum absolute atomic E-state index is 3.79. The molecule has 0 amide bonds. The van der Waals surface area contributed by atoms with Gasteiger partial charge in [-0.05, 0) is 50.6 Å². The Labute approximate surface area is 101 Å². The lowest BCUT2D eigenvalue weighted by molar-refractivity contribution is 0.220. The number of likely N-dealkylation sites (tertiary alicyclic amines) is 1. The summed E-state index contributed by atoms with van der Waals surface area (Å²) >= 11 is 0. The van der Waals surface area contributed by atoms with Gasteiger partial charge in [-0.1, -0.05) is 20.3 Å². The van der Waals surface area contributed by atoms with Gasteiger partial charge in [-0.3, -0.25) is 0 Å². The van der Waals surface area contributed by atoms with E-state index in [1.54, 1.807) is 0 Å². The van der Waals surface area contributed by atoms with Crippen LogP contribution in [0.25, 0.3) is 0 Å². The highest BCUT2D eigenvalue weighted by molar-refractivity contribution is 4.88. The monoisotopic (exact) mass is 224 g/mol. The molecule has 94 valence electrons. The Kier molecular flexibility index (Phi) is 4.66. The van der Waals surface area contributed by atoms with Crippen LogP contribution in [0, 0.1) is 11.8 Å². The molecule has 1 unspecified atom stereocenters. The third kappa shape index (κ3) is 3.74. The molecular weight excluding hydrogens is 196 g/mol. The third-order valence-electron chi connectivity index (χ3n) is 4.10. The summed E-state index contributed by atoms with van der Waals surface area (Å²) < 4.78 is 0. The summed E-state index contributed by atoms with van der Waals surface area (Å²) in [6.07, 6.45) is 7.19. The van der Waals surface area contributed by atoms with Crippen LogP contribution in [0.15, 0.2) is 0 Å². The van der Waals surface area contributed by atoms with E-state index < -0.39 is 0 Å². The van der Waals surface area contributed by atoms with Crippen LogP contribution in [0.3, 0.4) is 0 Å². The van der Waals surface area contributed by atoms with E-state index in [1.807, 2.05) is 0 Å². The summed E-state index contributed by atoms with van der Waals surface area (Å²) in [5.41, 5.74) is 0. The molecule has 0 aromatic rings. The zero-order chi connectivity index (χ0) is 11.4. The molecular formula is C14H28N2. The number of nitrogens with one attached hydrogen (secondary N) is 1. The second kappa shape index (κ2) is 6.02. The fraction of sp³-hybridized carbons (Fsp3) is 1.00. The largest absolute Gasteiger partial charge is 0.312 e. The molecule has 1 saturated heterocycles. The molecule has 1 N–H and O–H groups in total. The van der Waals surface area contributed by atoms with Crippen LogP contribution in [-0.4, -0.2) is 37.1 Å². The van der Waals surface area contributed by atoms with E-state index in [9.17, 15) is 0 Å². The molecule has 0 aromatic carbocycles. The predicted octanol–water partition coefficient (Wildman–Crippen LogP) is 2.50. The Morgan fingerprint density at radius 1 is 1.12 bits per heavy atom. The Bertz CT molecular complexity index is 191. The molecule has 1 aliphatic heterocycles. The molecule has 2 heteroatoms. The molecule has 2 rings (SSSR count). The van der Waals surface area contributed by atoms with E-state index in [0.29, 0.717) is 0 Å². The van der Waals surface area contributed by atoms with Crippen molar-refractivity contribution in [3.05, 3.63) is 0 Å². The Hall–Kier alpha value is -0.0800. The van der Waals surface area contributed by atoms with Crippen LogP contribution >= 0.6 is 0 Å². The second-order valence-electron chi connectivity index (χ2n) is 5.96. The lowest BCUT2D eigenvalue weighted by atomic mass is 9.99. The van der Waals surface area contributed by atoms with Gasteiger partial charge in [-0.15, -0.1) is 0 Å². The van der Waals surface area contributed by atoms with Crippen LogP contribution in [0.5, 0.6) is 0 Å². The second-order valence-corrected chi connectivity index (χ2v) is 5.96. The SMILES string of the molecule is CC(C)C(NCCN1CCCCC1)C1CC1. The summed E-state index contributed by atoms with van der Waals surface area (Å²) in [4.78, 5) is 2.63. The first kappa shape index (κ1) is 12.4. The lowest BCUT2D eigenvalue weighted by Gasteiger charge is -2.28. The van der Waals surface area contributed by atoms with Crippen molar-refractivity contribution < 1.29 is 0 Å². The van der Waals surface area contributed by atoms with E-state index in [4.69, 9.17) is 0 Å². The first-order valence-corrected chi connectivity index (χ1v) is 7.23. The van der Waals surface area contributed by atoms with Crippen LogP contribution in [0.1, 0.15) is 46.0 Å². The number of hydrogen-bond acceptors (Lipinski definition) is 2. The van der Waals surface area contributed by atoms with Gasteiger partial charge in [0.2, 0.25) is 0 Å². The first-order chi connectivity index (χ1) is 7.77. The third-order valence-corrected chi connectivity index (χ3v) is 4.10. The topological polar surface area (TPSA) is 15.3 Å². The van der Waals surface area contributed by atoms with Gasteiger partial charge in [0, 0.05) is 19.1 Å². The molecule has 0 radical (unpaired) electrons. The molecule has 2 nitrogen and oxygen atoms in total. The van der Waals surface area contributed by atoms with Gasteiger partial charge in [0.05, 0.1) is 0 Å². The van der Waals surface area contributed by atoms with E-state index >= 15 is 0 Å². The molecule has 1 aliphatic carbocycles. The van der Waals surface area contributed by atoms with Crippen molar-refractivity contribution in [3.8, 4) is 0 Å². The molecule has 16 heavy (non-hydrogen) atoms. The van der Waals surface area contributed by atoms with Gasteiger partial charge < -0.3 is 10.2 Å². The Morgan fingerprint density at radius 2 is 1.81 bits per heavy atom. The maximum atomic E-state index is 3.79. The quantitative estimate of drug-likeness (QED) is 0.746. The van der Waals surface area contributed by atoms with Crippen LogP contribution in [0.2, 0.25) is 0 Å². The van der Waals surface area contributed by atoms with Crippen molar-refractivity contribution in [1.29, 1.82) is 0 Å². The van der Waals surface area contributed by atoms with Crippen molar-refractivity contribution >= 4 is 0 Å². The van der Waals surface area contributed by atoms with Gasteiger partial charge >= 0.3 is 0 Å². The zero-order valence-electron chi connectivity index (χ0n) is 11.0. The predicted molar refractivity (Wildman–Crippen MR) is 69.6 cm³/mol. The number of hydrogen-bond donors (Lipinski definition) is 1. The van der Waals surface area contributed by atoms with E-state index in [-0.39, 0.29) is 0 Å². The molecule has 0 aromatic heterocycles. The highest BCUT2D eigenvalue weighted by atomic mass is 15.1. The summed E-state index contributed by atoms with van der Waals surface area (Å²) in [5.74, 6) is 1.79. The number of rotatable bonds is 6. The minimum atomic E-state index is 0.782. The highest BCUT2D eigenvalue weighted by Crippen LogP contribution is 2.35. The van der Waals surface area contributed by atoms with Gasteiger partial charge in [-0.2, -0.15) is 0 Å². The van der Waals surface area contributed by atoms with Crippen molar-refractivity contribution in [1.82, 2.24) is 10.2 Å². The molecule has 1 saturated carbocycles. The fourth-order valence-corrected chi connectivity index (χ4v) is 2.97. The molecule has 2 fully saturated rings. The smallest absolute Gasteiger partial charge is 0.0119 e.